The molecule has 7 heteroatoms. The van der Waals surface area contributed by atoms with E-state index in [2.05, 4.69) is 10.1 Å². The van der Waals surface area contributed by atoms with Crippen LogP contribution in [0.25, 0.3) is 0 Å². The summed E-state index contributed by atoms with van der Waals surface area (Å²) in [7, 11) is 2.71. The third-order valence-electron chi connectivity index (χ3n) is 2.68. The molecule has 1 rings (SSSR count). The predicted molar refractivity (Wildman–Crippen MR) is 81.8 cm³/mol. The van der Waals surface area contributed by atoms with Crippen LogP contribution in [0.3, 0.4) is 0 Å². The Kier molecular flexibility index (Phi) is 5.76. The third-order valence-corrected chi connectivity index (χ3v) is 2.68. The average molecular weight is 310 g/mol. The zero-order chi connectivity index (χ0) is 16.9. The molecule has 1 aromatic carbocycles. The van der Waals surface area contributed by atoms with Gasteiger partial charge in [-0.15, -0.1) is 0 Å². The Morgan fingerprint density at radius 3 is 2.36 bits per heavy atom. The van der Waals surface area contributed by atoms with Crippen molar-refractivity contribution in [2.45, 2.75) is 32.4 Å². The molecule has 0 aliphatic rings. The summed E-state index contributed by atoms with van der Waals surface area (Å²) in [5.41, 5.74) is 6.09. The van der Waals surface area contributed by atoms with Crippen molar-refractivity contribution in [3.05, 3.63) is 23.8 Å². The van der Waals surface area contributed by atoms with Crippen molar-refractivity contribution in [1.82, 2.24) is 0 Å². The number of anilines is 1. The lowest BCUT2D eigenvalue weighted by atomic mass is 10.1. The standard InChI is InChI=1S/C15H22N2O5/c1-15(2,3)22-14(19)17-10-7-6-9(8-11(10)20-4)12(16)13(18)21-5/h6-8,12H,16H2,1-5H3,(H,17,19). The smallest absolute Gasteiger partial charge is 0.412 e. The van der Waals surface area contributed by atoms with Crippen LogP contribution in [0.5, 0.6) is 5.75 Å². The van der Waals surface area contributed by atoms with Gasteiger partial charge in [-0.25, -0.2) is 4.79 Å². The number of carbonyl (C=O) groups excluding carboxylic acids is 2. The van der Waals surface area contributed by atoms with Crippen molar-refractivity contribution in [3.8, 4) is 5.75 Å². The number of hydrogen-bond donors (Lipinski definition) is 2. The number of rotatable bonds is 4. The summed E-state index contributed by atoms with van der Waals surface area (Å²) in [6.07, 6.45) is -0.601. The van der Waals surface area contributed by atoms with Crippen LogP contribution in [-0.2, 0) is 14.3 Å². The van der Waals surface area contributed by atoms with Crippen molar-refractivity contribution in [3.63, 3.8) is 0 Å². The number of nitrogens with one attached hydrogen (secondary N) is 1. The van der Waals surface area contributed by atoms with Gasteiger partial charge in [0.2, 0.25) is 0 Å². The molecule has 1 aromatic rings. The third kappa shape index (κ3) is 4.92. The maximum Gasteiger partial charge on any atom is 0.412 e. The molecule has 0 radical (unpaired) electrons. The van der Waals surface area contributed by atoms with E-state index in [1.807, 2.05) is 0 Å². The Balaban J connectivity index is 2.94. The topological polar surface area (TPSA) is 99.9 Å². The zero-order valence-corrected chi connectivity index (χ0v) is 13.4. The van der Waals surface area contributed by atoms with Crippen LogP contribution in [-0.4, -0.2) is 31.9 Å². The summed E-state index contributed by atoms with van der Waals surface area (Å²) < 4.78 is 15.0. The molecule has 0 aliphatic carbocycles. The molecule has 0 aliphatic heterocycles. The Morgan fingerprint density at radius 2 is 1.86 bits per heavy atom. The number of benzene rings is 1. The minimum Gasteiger partial charge on any atom is -0.495 e. The van der Waals surface area contributed by atoms with Gasteiger partial charge in [-0.3, -0.25) is 10.1 Å². The molecule has 0 bridgehead atoms. The first-order chi connectivity index (χ1) is 10.2. The van der Waals surface area contributed by atoms with Crippen molar-refractivity contribution in [1.29, 1.82) is 0 Å². The quantitative estimate of drug-likeness (QED) is 0.827. The van der Waals surface area contributed by atoms with E-state index in [1.165, 1.54) is 14.2 Å². The molecule has 1 unspecified atom stereocenters. The second-order valence-corrected chi connectivity index (χ2v) is 5.59. The lowest BCUT2D eigenvalue weighted by molar-refractivity contribution is -0.142. The molecule has 0 spiro atoms. The monoisotopic (exact) mass is 310 g/mol. The van der Waals surface area contributed by atoms with Gasteiger partial charge in [0.25, 0.3) is 0 Å². The first-order valence-electron chi connectivity index (χ1n) is 6.69. The number of hydrogen-bond acceptors (Lipinski definition) is 6. The largest absolute Gasteiger partial charge is 0.495 e. The summed E-state index contributed by atoms with van der Waals surface area (Å²) in [6.45, 7) is 5.30. The van der Waals surface area contributed by atoms with E-state index in [-0.39, 0.29) is 0 Å². The Labute approximate surface area is 129 Å². The molecular formula is C15H22N2O5. The molecule has 0 aromatic heterocycles. The SMILES string of the molecule is COC(=O)C(N)c1ccc(NC(=O)OC(C)(C)C)c(OC)c1. The Hall–Kier alpha value is -2.28. The lowest BCUT2D eigenvalue weighted by Gasteiger charge is -2.20. The molecule has 7 nitrogen and oxygen atoms in total. The average Bonchev–Trinajstić information content (AvgIpc) is 2.44. The molecule has 1 atom stereocenters. The van der Waals surface area contributed by atoms with Gasteiger partial charge in [0.1, 0.15) is 17.4 Å². The van der Waals surface area contributed by atoms with Crippen molar-refractivity contribution < 1.29 is 23.8 Å². The van der Waals surface area contributed by atoms with Gasteiger partial charge >= 0.3 is 12.1 Å². The number of amides is 1. The van der Waals surface area contributed by atoms with Crippen LogP contribution in [0.1, 0.15) is 32.4 Å². The van der Waals surface area contributed by atoms with E-state index < -0.39 is 23.7 Å². The number of ether oxygens (including phenoxy) is 3. The summed E-state index contributed by atoms with van der Waals surface area (Å²) in [4.78, 5) is 23.2. The Morgan fingerprint density at radius 1 is 1.23 bits per heavy atom. The van der Waals surface area contributed by atoms with Gasteiger partial charge in [0.15, 0.2) is 0 Å². The number of methoxy groups -OCH3 is 2. The van der Waals surface area contributed by atoms with Gasteiger partial charge in [-0.2, -0.15) is 0 Å². The van der Waals surface area contributed by atoms with E-state index in [9.17, 15) is 9.59 Å². The van der Waals surface area contributed by atoms with E-state index in [0.29, 0.717) is 17.0 Å². The zero-order valence-electron chi connectivity index (χ0n) is 13.4. The minimum atomic E-state index is -0.922. The number of carbonyl (C=O) groups is 2. The molecule has 0 saturated heterocycles. The molecule has 3 N–H and O–H groups in total. The van der Waals surface area contributed by atoms with Crippen LogP contribution in [0.15, 0.2) is 18.2 Å². The molecule has 0 heterocycles. The number of nitrogens with two attached hydrogens (primary N) is 1. The van der Waals surface area contributed by atoms with Crippen LogP contribution in [0.4, 0.5) is 10.5 Å². The Bertz CT molecular complexity index is 551. The fourth-order valence-electron chi connectivity index (χ4n) is 1.68. The fourth-order valence-corrected chi connectivity index (χ4v) is 1.68. The first-order valence-corrected chi connectivity index (χ1v) is 6.69. The van der Waals surface area contributed by atoms with Crippen LogP contribution in [0, 0.1) is 0 Å². The summed E-state index contributed by atoms with van der Waals surface area (Å²) in [6, 6.07) is 3.83. The van der Waals surface area contributed by atoms with E-state index in [4.69, 9.17) is 15.2 Å². The van der Waals surface area contributed by atoms with Gasteiger partial charge in [-0.1, -0.05) is 6.07 Å². The van der Waals surface area contributed by atoms with Crippen molar-refractivity contribution in [2.24, 2.45) is 5.73 Å². The molecule has 122 valence electrons. The van der Waals surface area contributed by atoms with Crippen LogP contribution in [0.2, 0.25) is 0 Å². The second kappa shape index (κ2) is 7.13. The second-order valence-electron chi connectivity index (χ2n) is 5.59. The molecule has 1 amide bonds. The number of esters is 1. The van der Waals surface area contributed by atoms with E-state index in [1.54, 1.807) is 39.0 Å². The highest BCUT2D eigenvalue weighted by Crippen LogP contribution is 2.28. The minimum absolute atomic E-state index is 0.364. The van der Waals surface area contributed by atoms with Gasteiger partial charge < -0.3 is 19.9 Å². The molecule has 0 fully saturated rings. The molecular weight excluding hydrogens is 288 g/mol. The fraction of sp³-hybridized carbons (Fsp3) is 0.467. The molecule has 22 heavy (non-hydrogen) atoms. The van der Waals surface area contributed by atoms with Crippen molar-refractivity contribution in [2.75, 3.05) is 19.5 Å². The van der Waals surface area contributed by atoms with Crippen LogP contribution < -0.4 is 15.8 Å². The first kappa shape index (κ1) is 17.8. The maximum atomic E-state index is 11.8. The van der Waals surface area contributed by atoms with Gasteiger partial charge in [-0.05, 0) is 38.5 Å². The maximum absolute atomic E-state index is 11.8. The van der Waals surface area contributed by atoms with E-state index in [0.717, 1.165) is 0 Å². The van der Waals surface area contributed by atoms with E-state index >= 15 is 0 Å². The highest BCUT2D eigenvalue weighted by molar-refractivity contribution is 5.87. The van der Waals surface area contributed by atoms with Crippen molar-refractivity contribution >= 4 is 17.7 Å². The summed E-state index contributed by atoms with van der Waals surface area (Å²) in [5.74, 6) is -0.197. The van der Waals surface area contributed by atoms with Gasteiger partial charge in [0, 0.05) is 0 Å². The lowest BCUT2D eigenvalue weighted by Crippen LogP contribution is -2.27. The van der Waals surface area contributed by atoms with Gasteiger partial charge in [0.05, 0.1) is 19.9 Å². The summed E-state index contributed by atoms with van der Waals surface area (Å²) >= 11 is 0. The molecule has 0 saturated carbocycles. The van der Waals surface area contributed by atoms with Crippen LogP contribution >= 0.6 is 0 Å². The summed E-state index contributed by atoms with van der Waals surface area (Å²) in [5, 5.41) is 2.58. The predicted octanol–water partition coefficient (Wildman–Crippen LogP) is 2.21. The highest BCUT2D eigenvalue weighted by atomic mass is 16.6. The normalized spacial score (nSPS) is 12.3. The highest BCUT2D eigenvalue weighted by Gasteiger charge is 2.20.